The number of amides is 2. The SMILES string of the molecule is CCCC[C@H](NC(=O)OCC1c2ccccc2-c2ccccc21)C(=O)Nc1ccc(C(=O)O)cc1. The molecule has 0 radical (unpaired) electrons. The van der Waals surface area contributed by atoms with Crippen LogP contribution in [0.2, 0.25) is 0 Å². The molecule has 0 spiro atoms. The van der Waals surface area contributed by atoms with Gasteiger partial charge in [-0.25, -0.2) is 9.59 Å². The van der Waals surface area contributed by atoms with E-state index in [2.05, 4.69) is 22.8 Å². The van der Waals surface area contributed by atoms with E-state index in [-0.39, 0.29) is 24.0 Å². The molecule has 7 heteroatoms. The van der Waals surface area contributed by atoms with E-state index in [0.717, 1.165) is 35.1 Å². The summed E-state index contributed by atoms with van der Waals surface area (Å²) >= 11 is 0. The molecule has 35 heavy (non-hydrogen) atoms. The zero-order chi connectivity index (χ0) is 24.8. The number of aromatic carboxylic acids is 1. The highest BCUT2D eigenvalue weighted by Gasteiger charge is 2.29. The molecule has 0 bridgehead atoms. The number of unbranched alkanes of at least 4 members (excludes halogenated alkanes) is 1. The monoisotopic (exact) mass is 472 g/mol. The maximum absolute atomic E-state index is 12.9. The molecule has 0 saturated carbocycles. The van der Waals surface area contributed by atoms with Crippen LogP contribution in [-0.2, 0) is 9.53 Å². The van der Waals surface area contributed by atoms with Crippen molar-refractivity contribution < 1.29 is 24.2 Å². The zero-order valence-corrected chi connectivity index (χ0v) is 19.5. The lowest BCUT2D eigenvalue weighted by Gasteiger charge is -2.20. The predicted molar refractivity (Wildman–Crippen MR) is 134 cm³/mol. The number of nitrogens with one attached hydrogen (secondary N) is 2. The predicted octanol–water partition coefficient (Wildman–Crippen LogP) is 5.42. The molecule has 0 fully saturated rings. The van der Waals surface area contributed by atoms with Gasteiger partial charge >= 0.3 is 12.1 Å². The topological polar surface area (TPSA) is 105 Å². The zero-order valence-electron chi connectivity index (χ0n) is 19.5. The Morgan fingerprint density at radius 3 is 2.09 bits per heavy atom. The van der Waals surface area contributed by atoms with E-state index in [1.807, 2.05) is 43.3 Å². The summed E-state index contributed by atoms with van der Waals surface area (Å²) in [4.78, 5) is 36.6. The molecule has 3 N–H and O–H groups in total. The largest absolute Gasteiger partial charge is 0.478 e. The first-order valence-electron chi connectivity index (χ1n) is 11.7. The van der Waals surface area contributed by atoms with Gasteiger partial charge in [0, 0.05) is 11.6 Å². The Morgan fingerprint density at radius 1 is 0.914 bits per heavy atom. The molecule has 4 rings (SSSR count). The van der Waals surface area contributed by atoms with Crippen LogP contribution in [0.4, 0.5) is 10.5 Å². The summed E-state index contributed by atoms with van der Waals surface area (Å²) in [6.07, 6.45) is 1.42. The molecule has 1 aliphatic rings. The molecular weight excluding hydrogens is 444 g/mol. The number of carboxylic acid groups (broad SMARTS) is 1. The second-order valence-corrected chi connectivity index (χ2v) is 8.54. The number of rotatable bonds is 9. The smallest absolute Gasteiger partial charge is 0.407 e. The molecule has 3 aromatic rings. The van der Waals surface area contributed by atoms with E-state index in [1.165, 1.54) is 24.3 Å². The molecule has 0 saturated heterocycles. The fourth-order valence-corrected chi connectivity index (χ4v) is 4.38. The van der Waals surface area contributed by atoms with Crippen LogP contribution in [0.15, 0.2) is 72.8 Å². The second-order valence-electron chi connectivity index (χ2n) is 8.54. The number of alkyl carbamates (subject to hydrolysis) is 1. The van der Waals surface area contributed by atoms with Crippen LogP contribution in [0.25, 0.3) is 11.1 Å². The summed E-state index contributed by atoms with van der Waals surface area (Å²) in [5.74, 6) is -1.49. The fourth-order valence-electron chi connectivity index (χ4n) is 4.38. The summed E-state index contributed by atoms with van der Waals surface area (Å²) in [6.45, 7) is 2.17. The molecule has 7 nitrogen and oxygen atoms in total. The van der Waals surface area contributed by atoms with Gasteiger partial charge in [0.1, 0.15) is 12.6 Å². The van der Waals surface area contributed by atoms with Crippen molar-refractivity contribution in [1.82, 2.24) is 5.32 Å². The number of hydrogen-bond donors (Lipinski definition) is 3. The van der Waals surface area contributed by atoms with Gasteiger partial charge in [-0.05, 0) is 52.9 Å². The number of hydrogen-bond acceptors (Lipinski definition) is 4. The summed E-state index contributed by atoms with van der Waals surface area (Å²) in [6, 6.07) is 21.3. The summed E-state index contributed by atoms with van der Waals surface area (Å²) < 4.78 is 5.60. The maximum Gasteiger partial charge on any atom is 0.407 e. The van der Waals surface area contributed by atoms with Gasteiger partial charge in [0.25, 0.3) is 0 Å². The Kier molecular flexibility index (Phi) is 7.45. The van der Waals surface area contributed by atoms with Crippen molar-refractivity contribution in [2.45, 2.75) is 38.1 Å². The van der Waals surface area contributed by atoms with Gasteiger partial charge in [-0.3, -0.25) is 4.79 Å². The van der Waals surface area contributed by atoms with Crippen LogP contribution in [0, 0.1) is 0 Å². The Hall–Kier alpha value is -4.13. The average Bonchev–Trinajstić information content (AvgIpc) is 3.19. The van der Waals surface area contributed by atoms with E-state index in [0.29, 0.717) is 12.1 Å². The molecule has 1 aliphatic carbocycles. The van der Waals surface area contributed by atoms with Gasteiger partial charge in [0.15, 0.2) is 0 Å². The van der Waals surface area contributed by atoms with E-state index < -0.39 is 18.1 Å². The highest BCUT2D eigenvalue weighted by atomic mass is 16.5. The summed E-state index contributed by atoms with van der Waals surface area (Å²) in [7, 11) is 0. The van der Waals surface area contributed by atoms with E-state index >= 15 is 0 Å². The van der Waals surface area contributed by atoms with Crippen LogP contribution >= 0.6 is 0 Å². The van der Waals surface area contributed by atoms with Crippen LogP contribution in [0.1, 0.15) is 53.6 Å². The quantitative estimate of drug-likeness (QED) is 0.386. The minimum Gasteiger partial charge on any atom is -0.478 e. The molecule has 0 aliphatic heterocycles. The van der Waals surface area contributed by atoms with Crippen LogP contribution in [0.3, 0.4) is 0 Å². The molecule has 3 aromatic carbocycles. The van der Waals surface area contributed by atoms with E-state index in [9.17, 15) is 14.4 Å². The van der Waals surface area contributed by atoms with E-state index in [4.69, 9.17) is 9.84 Å². The standard InChI is InChI=1S/C28H28N2O5/c1-2-3-12-25(26(31)29-19-15-13-18(14-16-19)27(32)33)30-28(34)35-17-24-22-10-6-4-8-20(22)21-9-5-7-11-23(21)24/h4-11,13-16,24-25H,2-3,12,17H2,1H3,(H,29,31)(H,30,34)(H,32,33)/t25-/m0/s1. The molecule has 2 amide bonds. The lowest BCUT2D eigenvalue weighted by Crippen LogP contribution is -2.44. The van der Waals surface area contributed by atoms with Gasteiger partial charge in [0.05, 0.1) is 5.56 Å². The highest BCUT2D eigenvalue weighted by molar-refractivity contribution is 5.97. The van der Waals surface area contributed by atoms with Crippen molar-refractivity contribution in [2.24, 2.45) is 0 Å². The van der Waals surface area contributed by atoms with Crippen molar-refractivity contribution in [3.05, 3.63) is 89.5 Å². The Balaban J connectivity index is 1.40. The summed E-state index contributed by atoms with van der Waals surface area (Å²) in [5.41, 5.74) is 5.11. The molecule has 1 atom stereocenters. The lowest BCUT2D eigenvalue weighted by molar-refractivity contribution is -0.118. The number of fused-ring (bicyclic) bond motifs is 3. The Morgan fingerprint density at radius 2 is 1.51 bits per heavy atom. The number of benzene rings is 3. The summed E-state index contributed by atoms with van der Waals surface area (Å²) in [5, 5.41) is 14.5. The van der Waals surface area contributed by atoms with Gasteiger partial charge < -0.3 is 20.5 Å². The van der Waals surface area contributed by atoms with Crippen LogP contribution < -0.4 is 10.6 Å². The molecule has 0 aromatic heterocycles. The third-order valence-corrected chi connectivity index (χ3v) is 6.20. The van der Waals surface area contributed by atoms with Crippen molar-refractivity contribution in [3.8, 4) is 11.1 Å². The number of anilines is 1. The molecular formula is C28H28N2O5. The van der Waals surface area contributed by atoms with Gasteiger partial charge in [-0.15, -0.1) is 0 Å². The Bertz CT molecular complexity index is 1180. The minimum absolute atomic E-state index is 0.0659. The Labute approximate surface area is 204 Å². The van der Waals surface area contributed by atoms with Crippen molar-refractivity contribution in [2.75, 3.05) is 11.9 Å². The average molecular weight is 473 g/mol. The number of carbonyl (C=O) groups is 3. The van der Waals surface area contributed by atoms with Gasteiger partial charge in [0.2, 0.25) is 5.91 Å². The van der Waals surface area contributed by atoms with Crippen LogP contribution in [-0.4, -0.2) is 35.7 Å². The van der Waals surface area contributed by atoms with E-state index in [1.54, 1.807) is 0 Å². The highest BCUT2D eigenvalue weighted by Crippen LogP contribution is 2.44. The number of ether oxygens (including phenoxy) is 1. The third kappa shape index (κ3) is 5.51. The number of carboxylic acids is 1. The first-order chi connectivity index (χ1) is 17.0. The second kappa shape index (κ2) is 10.9. The fraction of sp³-hybridized carbons (Fsp3) is 0.250. The molecule has 180 valence electrons. The normalized spacial score (nSPS) is 12.8. The van der Waals surface area contributed by atoms with Crippen molar-refractivity contribution in [1.29, 1.82) is 0 Å². The van der Waals surface area contributed by atoms with Crippen molar-refractivity contribution >= 4 is 23.7 Å². The first-order valence-corrected chi connectivity index (χ1v) is 11.7. The maximum atomic E-state index is 12.9. The van der Waals surface area contributed by atoms with Gasteiger partial charge in [-0.1, -0.05) is 68.3 Å². The van der Waals surface area contributed by atoms with Crippen LogP contribution in [0.5, 0.6) is 0 Å². The molecule has 0 unspecified atom stereocenters. The molecule has 0 heterocycles. The van der Waals surface area contributed by atoms with Crippen molar-refractivity contribution in [3.63, 3.8) is 0 Å². The van der Waals surface area contributed by atoms with Gasteiger partial charge in [-0.2, -0.15) is 0 Å². The third-order valence-electron chi connectivity index (χ3n) is 6.20. The first kappa shape index (κ1) is 24.0. The lowest BCUT2D eigenvalue weighted by atomic mass is 9.98. The number of carbonyl (C=O) groups excluding carboxylic acids is 2. The minimum atomic E-state index is -1.04.